The number of aryl methyl sites for hydroxylation is 2. The second-order valence-electron chi connectivity index (χ2n) is 6.70. The largest absolute Gasteiger partial charge is 0.488 e. The summed E-state index contributed by atoms with van der Waals surface area (Å²) >= 11 is 0. The van der Waals surface area contributed by atoms with Gasteiger partial charge in [0.15, 0.2) is 6.61 Å². The highest BCUT2D eigenvalue weighted by molar-refractivity contribution is 6.04. The van der Waals surface area contributed by atoms with Crippen molar-refractivity contribution in [2.45, 2.75) is 26.4 Å². The molecule has 1 saturated heterocycles. The number of hydrogen-bond acceptors (Lipinski definition) is 5. The minimum absolute atomic E-state index is 0.0771. The Labute approximate surface area is 163 Å². The van der Waals surface area contributed by atoms with Gasteiger partial charge < -0.3 is 24.6 Å². The van der Waals surface area contributed by atoms with E-state index in [9.17, 15) is 9.59 Å². The molecule has 1 aliphatic heterocycles. The Bertz CT molecular complexity index is 833. The fourth-order valence-electron chi connectivity index (χ4n) is 3.06. The number of ether oxygens (including phenoxy) is 3. The first-order valence-electron chi connectivity index (χ1n) is 9.04. The van der Waals surface area contributed by atoms with Crippen LogP contribution in [0.5, 0.6) is 11.5 Å². The summed E-state index contributed by atoms with van der Waals surface area (Å²) < 4.78 is 16.4. The van der Waals surface area contributed by atoms with E-state index in [1.807, 2.05) is 12.1 Å². The summed E-state index contributed by atoms with van der Waals surface area (Å²) in [5, 5.41) is 11.6. The second-order valence-corrected chi connectivity index (χ2v) is 6.70. The lowest BCUT2D eigenvalue weighted by molar-refractivity contribution is -0.139. The van der Waals surface area contributed by atoms with Crippen molar-refractivity contribution in [1.82, 2.24) is 0 Å². The summed E-state index contributed by atoms with van der Waals surface area (Å²) in [6.45, 7) is 4.45. The van der Waals surface area contributed by atoms with Crippen molar-refractivity contribution in [2.24, 2.45) is 0 Å². The van der Waals surface area contributed by atoms with Gasteiger partial charge in [-0.15, -0.1) is 0 Å². The molecule has 1 unspecified atom stereocenters. The number of aliphatic carboxylic acids is 1. The molecule has 7 heteroatoms. The van der Waals surface area contributed by atoms with E-state index in [0.717, 1.165) is 18.8 Å². The SMILES string of the molecule is Cc1cc(C(=O)Nc2ccc(OC3CCOC3)cc2)cc(C)c1OCC(=O)O. The van der Waals surface area contributed by atoms with Crippen LogP contribution in [-0.4, -0.2) is 42.9 Å². The topological polar surface area (TPSA) is 94.1 Å². The molecular formula is C21H23NO6. The molecular weight excluding hydrogens is 362 g/mol. The van der Waals surface area contributed by atoms with Gasteiger partial charge in [0.2, 0.25) is 0 Å². The summed E-state index contributed by atoms with van der Waals surface area (Å²) in [5.74, 6) is -0.0844. The zero-order valence-electron chi connectivity index (χ0n) is 15.9. The average Bonchev–Trinajstić information content (AvgIpc) is 3.15. The molecule has 1 amide bonds. The second kappa shape index (κ2) is 8.75. The lowest BCUT2D eigenvalue weighted by atomic mass is 10.0. The van der Waals surface area contributed by atoms with Crippen molar-refractivity contribution < 1.29 is 28.9 Å². The third-order valence-electron chi connectivity index (χ3n) is 4.37. The van der Waals surface area contributed by atoms with Crippen LogP contribution in [0.15, 0.2) is 36.4 Å². The summed E-state index contributed by atoms with van der Waals surface area (Å²) in [6, 6.07) is 10.6. The van der Waals surface area contributed by atoms with Crippen molar-refractivity contribution in [3.63, 3.8) is 0 Å². The first-order valence-corrected chi connectivity index (χ1v) is 9.04. The van der Waals surface area contributed by atoms with Crippen molar-refractivity contribution in [2.75, 3.05) is 25.1 Å². The Hall–Kier alpha value is -3.06. The van der Waals surface area contributed by atoms with Gasteiger partial charge in [-0.25, -0.2) is 4.79 Å². The van der Waals surface area contributed by atoms with Gasteiger partial charge in [-0.3, -0.25) is 4.79 Å². The summed E-state index contributed by atoms with van der Waals surface area (Å²) in [7, 11) is 0. The summed E-state index contributed by atoms with van der Waals surface area (Å²) in [6.07, 6.45) is 0.955. The Morgan fingerprint density at radius 2 is 1.86 bits per heavy atom. The molecule has 0 bridgehead atoms. The van der Waals surface area contributed by atoms with Crippen LogP contribution in [0.1, 0.15) is 27.9 Å². The van der Waals surface area contributed by atoms with E-state index in [2.05, 4.69) is 5.32 Å². The van der Waals surface area contributed by atoms with Crippen molar-refractivity contribution in [1.29, 1.82) is 0 Å². The van der Waals surface area contributed by atoms with E-state index in [0.29, 0.717) is 34.7 Å². The van der Waals surface area contributed by atoms with Crippen LogP contribution >= 0.6 is 0 Å². The van der Waals surface area contributed by atoms with E-state index >= 15 is 0 Å². The van der Waals surface area contributed by atoms with Crippen LogP contribution in [0.4, 0.5) is 5.69 Å². The van der Waals surface area contributed by atoms with Gasteiger partial charge in [-0.1, -0.05) is 0 Å². The molecule has 2 aromatic rings. The van der Waals surface area contributed by atoms with Crippen LogP contribution in [-0.2, 0) is 9.53 Å². The Morgan fingerprint density at radius 1 is 1.18 bits per heavy atom. The summed E-state index contributed by atoms with van der Waals surface area (Å²) in [5.41, 5.74) is 2.53. The zero-order valence-corrected chi connectivity index (χ0v) is 15.9. The molecule has 0 radical (unpaired) electrons. The first-order chi connectivity index (χ1) is 13.4. The molecule has 0 aromatic heterocycles. The molecule has 1 heterocycles. The van der Waals surface area contributed by atoms with Gasteiger partial charge >= 0.3 is 5.97 Å². The molecule has 1 fully saturated rings. The molecule has 2 aromatic carbocycles. The van der Waals surface area contributed by atoms with Crippen LogP contribution in [0.2, 0.25) is 0 Å². The van der Waals surface area contributed by atoms with Gasteiger partial charge in [0, 0.05) is 17.7 Å². The number of carbonyl (C=O) groups is 2. The number of carbonyl (C=O) groups excluding carboxylic acids is 1. The van der Waals surface area contributed by atoms with Crippen LogP contribution in [0, 0.1) is 13.8 Å². The average molecular weight is 385 g/mol. The van der Waals surface area contributed by atoms with Gasteiger partial charge in [0.05, 0.1) is 13.2 Å². The zero-order chi connectivity index (χ0) is 20.1. The quantitative estimate of drug-likeness (QED) is 0.760. The minimum Gasteiger partial charge on any atom is -0.488 e. The summed E-state index contributed by atoms with van der Waals surface area (Å²) in [4.78, 5) is 23.3. The minimum atomic E-state index is -1.05. The van der Waals surface area contributed by atoms with E-state index in [1.165, 1.54) is 0 Å². The maximum atomic E-state index is 12.6. The van der Waals surface area contributed by atoms with Gasteiger partial charge in [-0.2, -0.15) is 0 Å². The molecule has 1 aliphatic rings. The van der Waals surface area contributed by atoms with E-state index < -0.39 is 12.6 Å². The lowest BCUT2D eigenvalue weighted by Crippen LogP contribution is -2.16. The van der Waals surface area contributed by atoms with Gasteiger partial charge in [0.1, 0.15) is 17.6 Å². The van der Waals surface area contributed by atoms with E-state index in [4.69, 9.17) is 19.3 Å². The third-order valence-corrected chi connectivity index (χ3v) is 4.37. The molecule has 0 spiro atoms. The van der Waals surface area contributed by atoms with Crippen molar-refractivity contribution >= 4 is 17.6 Å². The van der Waals surface area contributed by atoms with Gasteiger partial charge in [-0.05, 0) is 61.4 Å². The number of benzene rings is 2. The number of carboxylic acids is 1. The molecule has 1 atom stereocenters. The highest BCUT2D eigenvalue weighted by atomic mass is 16.5. The normalized spacial score (nSPS) is 15.9. The molecule has 7 nitrogen and oxygen atoms in total. The fourth-order valence-corrected chi connectivity index (χ4v) is 3.06. The van der Waals surface area contributed by atoms with Crippen LogP contribution in [0.25, 0.3) is 0 Å². The predicted octanol–water partition coefficient (Wildman–Crippen LogP) is 3.19. The van der Waals surface area contributed by atoms with Crippen LogP contribution in [0.3, 0.4) is 0 Å². The number of anilines is 1. The smallest absolute Gasteiger partial charge is 0.341 e. The number of carboxylic acid groups (broad SMARTS) is 1. The first kappa shape index (κ1) is 19.7. The van der Waals surface area contributed by atoms with E-state index in [1.54, 1.807) is 38.1 Å². The molecule has 148 valence electrons. The predicted molar refractivity (Wildman–Crippen MR) is 103 cm³/mol. The van der Waals surface area contributed by atoms with Crippen molar-refractivity contribution in [3.8, 4) is 11.5 Å². The maximum absolute atomic E-state index is 12.6. The Kier molecular flexibility index (Phi) is 6.16. The van der Waals surface area contributed by atoms with Crippen molar-refractivity contribution in [3.05, 3.63) is 53.1 Å². The highest BCUT2D eigenvalue weighted by Gasteiger charge is 2.17. The number of amides is 1. The number of rotatable bonds is 7. The van der Waals surface area contributed by atoms with Gasteiger partial charge in [0.25, 0.3) is 5.91 Å². The fraction of sp³-hybridized carbons (Fsp3) is 0.333. The number of hydrogen-bond donors (Lipinski definition) is 2. The van der Waals surface area contributed by atoms with E-state index in [-0.39, 0.29) is 12.0 Å². The lowest BCUT2D eigenvalue weighted by Gasteiger charge is -2.14. The molecule has 3 rings (SSSR count). The maximum Gasteiger partial charge on any atom is 0.341 e. The highest BCUT2D eigenvalue weighted by Crippen LogP contribution is 2.26. The monoisotopic (exact) mass is 385 g/mol. The Morgan fingerprint density at radius 3 is 2.43 bits per heavy atom. The van der Waals surface area contributed by atoms with Crippen LogP contribution < -0.4 is 14.8 Å². The third kappa shape index (κ3) is 5.01. The Balaban J connectivity index is 1.64. The molecule has 2 N–H and O–H groups in total. The standard InChI is InChI=1S/C21H23NO6/c1-13-9-15(10-14(2)20(13)27-12-19(23)24)21(25)22-16-3-5-17(6-4-16)28-18-7-8-26-11-18/h3-6,9-10,18H,7-8,11-12H2,1-2H3,(H,22,25)(H,23,24). The molecule has 28 heavy (non-hydrogen) atoms. The molecule has 0 saturated carbocycles. The molecule has 0 aliphatic carbocycles. The number of nitrogens with one attached hydrogen (secondary N) is 1.